The van der Waals surface area contributed by atoms with E-state index >= 15 is 0 Å². The minimum absolute atomic E-state index is 0. The van der Waals surface area contributed by atoms with Gasteiger partial charge in [-0.05, 0) is 5.92 Å². The van der Waals surface area contributed by atoms with E-state index in [4.69, 9.17) is 5.11 Å². The van der Waals surface area contributed by atoms with Crippen LogP contribution in [0.5, 0.6) is 0 Å². The van der Waals surface area contributed by atoms with Gasteiger partial charge in [-0.25, -0.2) is 0 Å². The summed E-state index contributed by atoms with van der Waals surface area (Å²) in [5, 5.41) is 8.14. The van der Waals surface area contributed by atoms with Crippen LogP contribution in [0.4, 0.5) is 0 Å². The number of hydrogen-bond acceptors (Lipinski definition) is 1. The van der Waals surface area contributed by atoms with Crippen molar-refractivity contribution in [3.8, 4) is 0 Å². The monoisotopic (exact) mass is 90.1 g/mol. The molecule has 0 amide bonds. The van der Waals surface area contributed by atoms with Crippen molar-refractivity contribution >= 4 is 0 Å². The summed E-state index contributed by atoms with van der Waals surface area (Å²) < 4.78 is 0. The lowest BCUT2D eigenvalue weighted by atomic mass is 10.2. The molecule has 1 heteroatoms. The van der Waals surface area contributed by atoms with E-state index < -0.39 is 0 Å². The fourth-order valence-electron chi connectivity index (χ4n) is 0. The largest absolute Gasteiger partial charge is 0.396 e. The van der Waals surface area contributed by atoms with Crippen molar-refractivity contribution in [1.29, 1.82) is 0 Å². The molecule has 0 aromatic heterocycles. The quantitative estimate of drug-likeness (QED) is 0.514. The van der Waals surface area contributed by atoms with Gasteiger partial charge in [-0.2, -0.15) is 0 Å². The first-order valence-electron chi connectivity index (χ1n) is 1.88. The zero-order chi connectivity index (χ0) is 4.28. The van der Waals surface area contributed by atoms with Crippen LogP contribution >= 0.6 is 0 Å². The zero-order valence-corrected chi connectivity index (χ0v) is 3.73. The molecule has 1 nitrogen and oxygen atoms in total. The van der Waals surface area contributed by atoms with Gasteiger partial charge < -0.3 is 5.11 Å². The summed E-state index contributed by atoms with van der Waals surface area (Å²) in [6.07, 6.45) is 0. The molecule has 0 bridgehead atoms. The molecule has 0 unspecified atom stereocenters. The summed E-state index contributed by atoms with van der Waals surface area (Å²) in [7, 11) is 0. The van der Waals surface area contributed by atoms with Gasteiger partial charge in [0.05, 0.1) is 0 Å². The van der Waals surface area contributed by atoms with Crippen LogP contribution in [0.15, 0.2) is 0 Å². The molecular weight excluding hydrogens is 76.1 g/mol. The lowest BCUT2D eigenvalue weighted by molar-refractivity contribution is 0.248. The topological polar surface area (TPSA) is 20.2 Å². The molecule has 0 aliphatic heterocycles. The maximum absolute atomic E-state index is 8.14. The molecule has 6 heavy (non-hydrogen) atoms. The first-order valence-corrected chi connectivity index (χ1v) is 1.88. The van der Waals surface area contributed by atoms with Crippen LogP contribution in [0.2, 0.25) is 0 Å². The van der Waals surface area contributed by atoms with Gasteiger partial charge in [0.1, 0.15) is 0 Å². The summed E-state index contributed by atoms with van der Waals surface area (Å²) in [5.74, 6) is 0.440. The van der Waals surface area contributed by atoms with E-state index in [1.165, 1.54) is 0 Å². The van der Waals surface area contributed by atoms with Crippen molar-refractivity contribution in [3.63, 3.8) is 0 Å². The molecule has 0 saturated heterocycles. The second-order valence-corrected chi connectivity index (χ2v) is 1.58. The highest BCUT2D eigenvalue weighted by molar-refractivity contribution is 4.32. The lowest BCUT2D eigenvalue weighted by Gasteiger charge is -1.90. The molecule has 0 aliphatic rings. The van der Waals surface area contributed by atoms with E-state index in [9.17, 15) is 0 Å². The molecule has 0 saturated carbocycles. The van der Waals surface area contributed by atoms with Gasteiger partial charge in [0, 0.05) is 6.61 Å². The third kappa shape index (κ3) is 9.03. The maximum Gasteiger partial charge on any atom is 0.0453 e. The standard InChI is InChI=1S/C4H10O.CH4/c1-4(2)3-5;/h4-5H,3H2,1-2H3;1H4. The molecule has 0 aliphatic carbocycles. The first-order chi connectivity index (χ1) is 2.27. The van der Waals surface area contributed by atoms with Crippen molar-refractivity contribution < 1.29 is 5.11 Å². The Morgan fingerprint density at radius 3 is 1.67 bits per heavy atom. The van der Waals surface area contributed by atoms with Crippen molar-refractivity contribution in [2.75, 3.05) is 6.61 Å². The molecule has 0 aromatic rings. The zero-order valence-electron chi connectivity index (χ0n) is 3.73. The van der Waals surface area contributed by atoms with Gasteiger partial charge in [0.25, 0.3) is 0 Å². The van der Waals surface area contributed by atoms with Crippen LogP contribution < -0.4 is 0 Å². The predicted octanol–water partition coefficient (Wildman–Crippen LogP) is 1.27. The van der Waals surface area contributed by atoms with E-state index in [1.54, 1.807) is 0 Å². The lowest BCUT2D eigenvalue weighted by Crippen LogP contribution is -1.90. The van der Waals surface area contributed by atoms with Crippen molar-refractivity contribution in [1.82, 2.24) is 0 Å². The summed E-state index contributed by atoms with van der Waals surface area (Å²) in [5.41, 5.74) is 0. The maximum atomic E-state index is 8.14. The number of aliphatic hydroxyl groups is 1. The number of hydrogen-bond donors (Lipinski definition) is 1. The number of rotatable bonds is 1. The fraction of sp³-hybridized carbons (Fsp3) is 1.00. The van der Waals surface area contributed by atoms with Crippen molar-refractivity contribution in [3.05, 3.63) is 0 Å². The van der Waals surface area contributed by atoms with Gasteiger partial charge in [-0.15, -0.1) is 0 Å². The third-order valence-corrected chi connectivity index (χ3v) is 0.365. The Kier molecular flexibility index (Phi) is 7.73. The third-order valence-electron chi connectivity index (χ3n) is 0.365. The highest BCUT2D eigenvalue weighted by Crippen LogP contribution is 1.83. The van der Waals surface area contributed by atoms with Crippen LogP contribution in [0.1, 0.15) is 21.3 Å². The van der Waals surface area contributed by atoms with E-state index in [-0.39, 0.29) is 7.43 Å². The average Bonchev–Trinajstić information content (AvgIpc) is 1.38. The van der Waals surface area contributed by atoms with Crippen LogP contribution in [0.3, 0.4) is 0 Å². The van der Waals surface area contributed by atoms with E-state index in [0.29, 0.717) is 12.5 Å². The Morgan fingerprint density at radius 2 is 1.67 bits per heavy atom. The highest BCUT2D eigenvalue weighted by atomic mass is 16.3. The fourth-order valence-corrected chi connectivity index (χ4v) is 0. The predicted molar refractivity (Wildman–Crippen MR) is 28.7 cm³/mol. The SMILES string of the molecule is C.CC(C)CO. The molecule has 0 atom stereocenters. The van der Waals surface area contributed by atoms with Crippen LogP contribution in [-0.2, 0) is 0 Å². The van der Waals surface area contributed by atoms with Crippen molar-refractivity contribution in [2.24, 2.45) is 5.92 Å². The minimum atomic E-state index is 0. The Bertz CT molecular complexity index is 17.9. The Balaban J connectivity index is 0. The van der Waals surface area contributed by atoms with Gasteiger partial charge in [-0.1, -0.05) is 21.3 Å². The average molecular weight is 90.2 g/mol. The molecule has 40 valence electrons. The van der Waals surface area contributed by atoms with Crippen LogP contribution in [-0.4, -0.2) is 11.7 Å². The van der Waals surface area contributed by atoms with Gasteiger partial charge in [0.2, 0.25) is 0 Å². The second-order valence-electron chi connectivity index (χ2n) is 1.58. The first kappa shape index (κ1) is 9.35. The molecule has 0 aromatic carbocycles. The molecule has 0 rings (SSSR count). The van der Waals surface area contributed by atoms with E-state index in [0.717, 1.165) is 0 Å². The highest BCUT2D eigenvalue weighted by Gasteiger charge is 1.81. The van der Waals surface area contributed by atoms with Gasteiger partial charge in [0.15, 0.2) is 0 Å². The normalized spacial score (nSPS) is 8.00. The van der Waals surface area contributed by atoms with E-state index in [2.05, 4.69) is 0 Å². The summed E-state index contributed by atoms with van der Waals surface area (Å²) in [6, 6.07) is 0. The van der Waals surface area contributed by atoms with Gasteiger partial charge in [-0.3, -0.25) is 0 Å². The Hall–Kier alpha value is -0.0400. The smallest absolute Gasteiger partial charge is 0.0453 e. The van der Waals surface area contributed by atoms with Gasteiger partial charge >= 0.3 is 0 Å². The Morgan fingerprint density at radius 1 is 1.50 bits per heavy atom. The molecule has 0 spiro atoms. The molecule has 0 fully saturated rings. The molecule has 1 N–H and O–H groups in total. The van der Waals surface area contributed by atoms with Crippen LogP contribution in [0, 0.1) is 5.92 Å². The molecule has 0 radical (unpaired) electrons. The number of aliphatic hydroxyl groups excluding tert-OH is 1. The van der Waals surface area contributed by atoms with Crippen LogP contribution in [0.25, 0.3) is 0 Å². The summed E-state index contributed by atoms with van der Waals surface area (Å²) in [4.78, 5) is 0. The van der Waals surface area contributed by atoms with E-state index in [1.807, 2.05) is 13.8 Å². The minimum Gasteiger partial charge on any atom is -0.396 e. The summed E-state index contributed by atoms with van der Waals surface area (Å²) >= 11 is 0. The molecular formula is C5H14O. The Labute approximate surface area is 40.0 Å². The van der Waals surface area contributed by atoms with Crippen molar-refractivity contribution in [2.45, 2.75) is 21.3 Å². The second kappa shape index (κ2) is 4.96. The molecule has 0 heterocycles. The summed E-state index contributed by atoms with van der Waals surface area (Å²) in [6.45, 7) is 4.25.